The molecule has 2 aliphatic heterocycles. The molecule has 23 heavy (non-hydrogen) atoms. The lowest BCUT2D eigenvalue weighted by Crippen LogP contribution is -2.44. The van der Waals surface area contributed by atoms with Crippen molar-refractivity contribution in [3.8, 4) is 0 Å². The van der Waals surface area contributed by atoms with Gasteiger partial charge in [-0.05, 0) is 31.5 Å². The van der Waals surface area contributed by atoms with Gasteiger partial charge in [0.25, 0.3) is 0 Å². The number of fused-ring (bicyclic) bond motifs is 4. The Balaban J connectivity index is 1.59. The van der Waals surface area contributed by atoms with Gasteiger partial charge < -0.3 is 19.6 Å². The van der Waals surface area contributed by atoms with Crippen molar-refractivity contribution in [2.75, 3.05) is 32.4 Å². The number of nitrogens with zero attached hydrogens (tertiary/aromatic N) is 2. The second kappa shape index (κ2) is 6.10. The molecule has 0 bridgehead atoms. The third-order valence-corrected chi connectivity index (χ3v) is 5.67. The molecular weight excluding hydrogens is 311 g/mol. The van der Waals surface area contributed by atoms with Crippen molar-refractivity contribution in [2.24, 2.45) is 0 Å². The smallest absolute Gasteiger partial charge is 0.423 e. The first kappa shape index (κ1) is 15.5. The van der Waals surface area contributed by atoms with Crippen molar-refractivity contribution in [1.29, 1.82) is 0 Å². The molecule has 0 atom stereocenters. The van der Waals surface area contributed by atoms with E-state index in [2.05, 4.69) is 19.6 Å². The van der Waals surface area contributed by atoms with Gasteiger partial charge in [0.1, 0.15) is 5.65 Å². The SMILES string of the molecule is CNSCCN1CCC2(CC1)OB(O)c1cnc3[nH]ccc3c12. The maximum atomic E-state index is 10.3. The first-order chi connectivity index (χ1) is 11.2. The highest BCUT2D eigenvalue weighted by Gasteiger charge is 2.49. The summed E-state index contributed by atoms with van der Waals surface area (Å²) >= 11 is 1.74. The van der Waals surface area contributed by atoms with Crippen molar-refractivity contribution in [1.82, 2.24) is 19.6 Å². The fraction of sp³-hybridized carbons (Fsp3) is 0.533. The van der Waals surface area contributed by atoms with Crippen molar-refractivity contribution < 1.29 is 9.68 Å². The van der Waals surface area contributed by atoms with E-state index in [1.54, 1.807) is 18.1 Å². The lowest BCUT2D eigenvalue weighted by molar-refractivity contribution is -0.00300. The Morgan fingerprint density at radius 1 is 1.52 bits per heavy atom. The summed E-state index contributed by atoms with van der Waals surface area (Å²) in [5.74, 6) is 1.08. The molecule has 1 saturated heterocycles. The maximum absolute atomic E-state index is 10.3. The zero-order chi connectivity index (χ0) is 15.9. The molecule has 4 rings (SSSR count). The molecule has 1 fully saturated rings. The summed E-state index contributed by atoms with van der Waals surface area (Å²) < 4.78 is 9.18. The summed E-state index contributed by atoms with van der Waals surface area (Å²) in [5.41, 5.74) is 2.47. The van der Waals surface area contributed by atoms with Crippen molar-refractivity contribution in [3.63, 3.8) is 0 Å². The van der Waals surface area contributed by atoms with Gasteiger partial charge in [-0.2, -0.15) is 0 Å². The second-order valence-corrected chi connectivity index (χ2v) is 7.29. The van der Waals surface area contributed by atoms with E-state index in [1.165, 1.54) is 0 Å². The van der Waals surface area contributed by atoms with Crippen LogP contribution in [0, 0.1) is 0 Å². The summed E-state index contributed by atoms with van der Waals surface area (Å²) in [6.45, 7) is 3.06. The Hall–Kier alpha value is -1.06. The van der Waals surface area contributed by atoms with Gasteiger partial charge in [0.15, 0.2) is 0 Å². The van der Waals surface area contributed by atoms with Crippen LogP contribution >= 0.6 is 11.9 Å². The number of aromatic nitrogens is 2. The molecular formula is C15H21BN4O2S. The second-order valence-electron chi connectivity index (χ2n) is 6.19. The van der Waals surface area contributed by atoms with E-state index in [0.717, 1.165) is 60.3 Å². The van der Waals surface area contributed by atoms with Crippen LogP contribution in [0.2, 0.25) is 0 Å². The van der Waals surface area contributed by atoms with Gasteiger partial charge >= 0.3 is 7.12 Å². The van der Waals surface area contributed by atoms with Gasteiger partial charge in [-0.15, -0.1) is 0 Å². The quantitative estimate of drug-likeness (QED) is 0.429. The Labute approximate surface area is 140 Å². The molecule has 0 amide bonds. The molecule has 0 unspecified atom stereocenters. The molecule has 0 saturated carbocycles. The fourth-order valence-electron chi connectivity index (χ4n) is 3.84. The van der Waals surface area contributed by atoms with Crippen LogP contribution in [0.5, 0.6) is 0 Å². The van der Waals surface area contributed by atoms with Crippen LogP contribution in [0.4, 0.5) is 0 Å². The van der Waals surface area contributed by atoms with E-state index in [4.69, 9.17) is 4.65 Å². The van der Waals surface area contributed by atoms with Crippen LogP contribution in [0.1, 0.15) is 18.4 Å². The molecule has 2 aliphatic rings. The van der Waals surface area contributed by atoms with Gasteiger partial charge in [0.05, 0.1) is 5.60 Å². The summed E-state index contributed by atoms with van der Waals surface area (Å²) in [5, 5.41) is 11.4. The van der Waals surface area contributed by atoms with Gasteiger partial charge in [-0.3, -0.25) is 4.72 Å². The number of aromatic amines is 1. The monoisotopic (exact) mass is 332 g/mol. The number of rotatable bonds is 4. The van der Waals surface area contributed by atoms with Crippen LogP contribution in [0.25, 0.3) is 11.0 Å². The van der Waals surface area contributed by atoms with Gasteiger partial charge in [0.2, 0.25) is 0 Å². The van der Waals surface area contributed by atoms with E-state index in [9.17, 15) is 5.02 Å². The number of piperidine rings is 1. The highest BCUT2D eigenvalue weighted by Crippen LogP contribution is 2.42. The fourth-order valence-corrected chi connectivity index (χ4v) is 4.39. The van der Waals surface area contributed by atoms with Crippen LogP contribution in [0.15, 0.2) is 18.5 Å². The average molecular weight is 332 g/mol. The lowest BCUT2D eigenvalue weighted by atomic mass is 9.76. The first-order valence-corrected chi connectivity index (χ1v) is 9.05. The predicted molar refractivity (Wildman–Crippen MR) is 93.7 cm³/mol. The number of likely N-dealkylation sites (tertiary alicyclic amines) is 1. The molecule has 2 aromatic heterocycles. The molecule has 2 aromatic rings. The minimum atomic E-state index is -0.858. The minimum absolute atomic E-state index is 0.370. The van der Waals surface area contributed by atoms with Gasteiger partial charge in [-0.1, -0.05) is 11.9 Å². The number of pyridine rings is 1. The lowest BCUT2D eigenvalue weighted by Gasteiger charge is -2.40. The minimum Gasteiger partial charge on any atom is -0.423 e. The Bertz CT molecular complexity index is 702. The molecule has 0 aromatic carbocycles. The van der Waals surface area contributed by atoms with Crippen LogP contribution in [0.3, 0.4) is 0 Å². The molecule has 0 aliphatic carbocycles. The molecule has 8 heteroatoms. The summed E-state index contributed by atoms with van der Waals surface area (Å²) in [4.78, 5) is 10.0. The molecule has 0 radical (unpaired) electrons. The first-order valence-electron chi connectivity index (χ1n) is 8.07. The number of H-pyrrole nitrogens is 1. The van der Waals surface area contributed by atoms with Crippen LogP contribution < -0.4 is 10.2 Å². The maximum Gasteiger partial charge on any atom is 0.493 e. The topological polar surface area (TPSA) is 73.4 Å². The summed E-state index contributed by atoms with van der Waals surface area (Å²) in [7, 11) is 1.10. The van der Waals surface area contributed by atoms with E-state index >= 15 is 0 Å². The normalized spacial score (nSPS) is 20.5. The number of hydrogen-bond acceptors (Lipinski definition) is 6. The molecule has 3 N–H and O–H groups in total. The van der Waals surface area contributed by atoms with Crippen LogP contribution in [-0.2, 0) is 10.3 Å². The highest BCUT2D eigenvalue weighted by molar-refractivity contribution is 7.97. The average Bonchev–Trinajstić information content (AvgIpc) is 3.13. The molecule has 4 heterocycles. The number of nitrogens with one attached hydrogen (secondary N) is 2. The van der Waals surface area contributed by atoms with E-state index in [-0.39, 0.29) is 5.60 Å². The van der Waals surface area contributed by atoms with Gasteiger partial charge in [-0.25, -0.2) is 4.98 Å². The standard InChI is InChI=1S/C15H21BN4O2S/c1-17-23-9-8-20-6-3-15(4-7-20)13-11-2-5-18-14(11)19-10-12(13)16(21)22-15/h2,5,10,17,21H,3-4,6-9H2,1H3,(H,18,19). The predicted octanol–water partition coefficient (Wildman–Crippen LogP) is 0.439. The van der Waals surface area contributed by atoms with Crippen molar-refractivity contribution in [3.05, 3.63) is 24.0 Å². The van der Waals surface area contributed by atoms with Crippen molar-refractivity contribution in [2.45, 2.75) is 18.4 Å². The highest BCUT2D eigenvalue weighted by atomic mass is 32.2. The van der Waals surface area contributed by atoms with Crippen molar-refractivity contribution >= 4 is 35.6 Å². The summed E-state index contributed by atoms with van der Waals surface area (Å²) in [6, 6.07) is 2.04. The van der Waals surface area contributed by atoms with E-state index < -0.39 is 7.12 Å². The van der Waals surface area contributed by atoms with E-state index in [0.29, 0.717) is 0 Å². The Kier molecular flexibility index (Phi) is 4.11. The molecule has 122 valence electrons. The largest absolute Gasteiger partial charge is 0.493 e. The Morgan fingerprint density at radius 2 is 2.35 bits per heavy atom. The zero-order valence-corrected chi connectivity index (χ0v) is 14.0. The molecule has 1 spiro atoms. The van der Waals surface area contributed by atoms with Crippen LogP contribution in [-0.4, -0.2) is 59.4 Å². The third kappa shape index (κ3) is 2.58. The summed E-state index contributed by atoms with van der Waals surface area (Å²) in [6.07, 6.45) is 5.47. The third-order valence-electron chi connectivity index (χ3n) is 4.99. The van der Waals surface area contributed by atoms with E-state index in [1.807, 2.05) is 19.3 Å². The zero-order valence-electron chi connectivity index (χ0n) is 13.2. The number of hydrogen-bond donors (Lipinski definition) is 3. The Morgan fingerprint density at radius 3 is 3.13 bits per heavy atom. The molecule has 6 nitrogen and oxygen atoms in total. The van der Waals surface area contributed by atoms with Gasteiger partial charge in [0, 0.05) is 48.6 Å².